The van der Waals surface area contributed by atoms with Gasteiger partial charge in [-0.2, -0.15) is 0 Å². The van der Waals surface area contributed by atoms with E-state index in [9.17, 15) is 24.8 Å². The first-order valence-corrected chi connectivity index (χ1v) is 12.1. The van der Waals surface area contributed by atoms with Gasteiger partial charge in [-0.1, -0.05) is 28.1 Å². The highest BCUT2D eigenvalue weighted by atomic mass is 79.9. The van der Waals surface area contributed by atoms with E-state index in [0.29, 0.717) is 47.1 Å². The molecule has 0 unspecified atom stereocenters. The Hall–Kier alpha value is -3.57. The molecule has 10 nitrogen and oxygen atoms in total. The molecule has 1 spiro atoms. The van der Waals surface area contributed by atoms with Crippen molar-refractivity contribution in [1.29, 1.82) is 0 Å². The van der Waals surface area contributed by atoms with Crippen LogP contribution in [-0.2, 0) is 4.74 Å². The number of aromatic nitrogens is 1. The quantitative estimate of drug-likeness (QED) is 0.267. The maximum Gasteiger partial charge on any atom is 0.294 e. The second kappa shape index (κ2) is 9.14. The smallest absolute Gasteiger partial charge is 0.294 e. The summed E-state index contributed by atoms with van der Waals surface area (Å²) in [5, 5.41) is 26.0. The van der Waals surface area contributed by atoms with E-state index < -0.39 is 10.8 Å². The lowest BCUT2D eigenvalue weighted by Gasteiger charge is -2.42. The summed E-state index contributed by atoms with van der Waals surface area (Å²) >= 11 is 3.27. The molecule has 2 saturated heterocycles. The van der Waals surface area contributed by atoms with Crippen LogP contribution >= 0.6 is 15.9 Å². The molecule has 2 aliphatic rings. The second-order valence-electron chi connectivity index (χ2n) is 9.28. The molecule has 0 aliphatic carbocycles. The molecule has 2 aliphatic heterocycles. The number of anilines is 1. The number of ether oxygens (including phenoxy) is 1. The van der Waals surface area contributed by atoms with Crippen LogP contribution in [0.5, 0.6) is 5.75 Å². The number of phenolic OH excluding ortho intramolecular Hbond substituents is 1. The van der Waals surface area contributed by atoms with Crippen molar-refractivity contribution in [3.05, 3.63) is 68.4 Å². The van der Waals surface area contributed by atoms with E-state index in [1.165, 1.54) is 25.4 Å². The summed E-state index contributed by atoms with van der Waals surface area (Å²) in [5.41, 5.74) is 0.183. The Morgan fingerprint density at radius 3 is 2.75 bits per heavy atom. The normalized spacial score (nSPS) is 18.3. The van der Waals surface area contributed by atoms with Crippen LogP contribution in [0, 0.1) is 21.4 Å². The van der Waals surface area contributed by atoms with E-state index in [-0.39, 0.29) is 46.2 Å². The van der Waals surface area contributed by atoms with Gasteiger partial charge in [-0.15, -0.1) is 0 Å². The van der Waals surface area contributed by atoms with Crippen LogP contribution in [-0.4, -0.2) is 60.1 Å². The van der Waals surface area contributed by atoms with Crippen molar-refractivity contribution in [2.24, 2.45) is 11.3 Å². The van der Waals surface area contributed by atoms with Gasteiger partial charge in [0.05, 0.1) is 23.7 Å². The molecule has 2 N–H and O–H groups in total. The Bertz CT molecular complexity index is 1400. The summed E-state index contributed by atoms with van der Waals surface area (Å²) in [6.07, 6.45) is 3.20. The third-order valence-electron chi connectivity index (χ3n) is 7.12. The zero-order valence-corrected chi connectivity index (χ0v) is 20.9. The predicted octanol–water partition coefficient (Wildman–Crippen LogP) is 3.70. The van der Waals surface area contributed by atoms with Crippen molar-refractivity contribution in [2.75, 3.05) is 38.3 Å². The number of nitro groups is 1. The van der Waals surface area contributed by atoms with E-state index in [4.69, 9.17) is 4.74 Å². The summed E-state index contributed by atoms with van der Waals surface area (Å²) in [6.45, 7) is 1.59. The van der Waals surface area contributed by atoms with Gasteiger partial charge < -0.3 is 20.1 Å². The molecule has 5 rings (SSSR count). The maximum atomic E-state index is 13.5. The zero-order chi connectivity index (χ0) is 25.6. The third kappa shape index (κ3) is 3.97. The van der Waals surface area contributed by atoms with Crippen LogP contribution in [0.15, 0.2) is 47.2 Å². The molecule has 2 aromatic carbocycles. The van der Waals surface area contributed by atoms with Crippen molar-refractivity contribution < 1.29 is 24.4 Å². The molecule has 2 fully saturated rings. The molecule has 3 heterocycles. The van der Waals surface area contributed by atoms with Crippen molar-refractivity contribution in [1.82, 2.24) is 10.3 Å². The number of hydrogen-bond acceptors (Lipinski definition) is 8. The number of ketones is 1. The number of aromatic hydroxyl groups is 1. The molecule has 11 heteroatoms. The Labute approximate surface area is 214 Å². The average Bonchev–Trinajstić information content (AvgIpc) is 3.22. The summed E-state index contributed by atoms with van der Waals surface area (Å²) in [4.78, 5) is 43.6. The Balaban J connectivity index is 1.51. The largest absolute Gasteiger partial charge is 0.507 e. The molecule has 1 atom stereocenters. The van der Waals surface area contributed by atoms with Crippen LogP contribution in [0.4, 0.5) is 11.4 Å². The number of nitro benzene ring substituents is 1. The number of amides is 1. The van der Waals surface area contributed by atoms with Gasteiger partial charge in [0, 0.05) is 71.2 Å². The predicted molar refractivity (Wildman–Crippen MR) is 135 cm³/mol. The molecule has 0 radical (unpaired) electrons. The Morgan fingerprint density at radius 1 is 1.31 bits per heavy atom. The maximum absolute atomic E-state index is 13.5. The van der Waals surface area contributed by atoms with Crippen LogP contribution in [0.2, 0.25) is 0 Å². The number of carbonyl (C=O) groups is 2. The molecule has 186 valence electrons. The number of rotatable bonds is 6. The number of carbonyl (C=O) groups excluding carboxylic acids is 2. The number of Topliss-reactive ketones (excluding diaryl/α,β-unsaturated/α-hetero) is 1. The number of phenols is 1. The SMILES string of the molecule is CNC(=O)c1cc(Br)cc([N+](=O)[O-])c1N1C[C@@H](CC(=O)c2cncc3cccc(O)c23)C2(COC2)C1. The number of halogens is 1. The fourth-order valence-electron chi connectivity index (χ4n) is 5.30. The van der Waals surface area contributed by atoms with Gasteiger partial charge in [0.1, 0.15) is 11.4 Å². The number of fused-ring (bicyclic) bond motifs is 1. The third-order valence-corrected chi connectivity index (χ3v) is 7.58. The molecule has 1 aromatic heterocycles. The first-order chi connectivity index (χ1) is 17.2. The van der Waals surface area contributed by atoms with Gasteiger partial charge in [-0.25, -0.2) is 0 Å². The average molecular weight is 555 g/mol. The van der Waals surface area contributed by atoms with Crippen LogP contribution in [0.25, 0.3) is 10.8 Å². The molecule has 36 heavy (non-hydrogen) atoms. The van der Waals surface area contributed by atoms with Gasteiger partial charge in [-0.05, 0) is 18.1 Å². The standard InChI is InChI=1S/C25H23BrN4O6/c1-27-24(33)17-6-16(26)7-19(30(34)35)23(17)29-10-15(25(11-29)12-36-13-25)5-21(32)18-9-28-8-14-3-2-4-20(31)22(14)18/h2-4,6-9,15,31H,5,10-13H2,1H3,(H,27,33)/t15-/m1/s1. The molecule has 3 aromatic rings. The molecular weight excluding hydrogens is 532 g/mol. The Morgan fingerprint density at radius 2 is 2.08 bits per heavy atom. The summed E-state index contributed by atoms with van der Waals surface area (Å²) < 4.78 is 5.96. The minimum Gasteiger partial charge on any atom is -0.507 e. The van der Waals surface area contributed by atoms with Crippen LogP contribution in [0.3, 0.4) is 0 Å². The fourth-order valence-corrected chi connectivity index (χ4v) is 5.75. The molecular formula is C25H23BrN4O6. The van der Waals surface area contributed by atoms with Gasteiger partial charge in [-0.3, -0.25) is 24.7 Å². The van der Waals surface area contributed by atoms with Crippen molar-refractivity contribution in [2.45, 2.75) is 6.42 Å². The van der Waals surface area contributed by atoms with Gasteiger partial charge in [0.15, 0.2) is 5.78 Å². The van der Waals surface area contributed by atoms with E-state index in [1.54, 1.807) is 24.4 Å². The highest BCUT2D eigenvalue weighted by Crippen LogP contribution is 2.48. The topological polar surface area (TPSA) is 135 Å². The highest BCUT2D eigenvalue weighted by molar-refractivity contribution is 9.10. The molecule has 0 bridgehead atoms. The van der Waals surface area contributed by atoms with Gasteiger partial charge >= 0.3 is 0 Å². The minimum absolute atomic E-state index is 0.00805. The van der Waals surface area contributed by atoms with Crippen molar-refractivity contribution in [3.63, 3.8) is 0 Å². The number of pyridine rings is 1. The first-order valence-electron chi connectivity index (χ1n) is 11.4. The minimum atomic E-state index is -0.500. The lowest BCUT2D eigenvalue weighted by Crippen LogP contribution is -2.49. The monoisotopic (exact) mass is 554 g/mol. The fraction of sp³-hybridized carbons (Fsp3) is 0.320. The second-order valence-corrected chi connectivity index (χ2v) is 10.2. The lowest BCUT2D eigenvalue weighted by molar-refractivity contribution is -0.384. The van der Waals surface area contributed by atoms with Crippen LogP contribution < -0.4 is 10.2 Å². The van der Waals surface area contributed by atoms with E-state index in [1.807, 2.05) is 4.90 Å². The van der Waals surface area contributed by atoms with Crippen molar-refractivity contribution >= 4 is 49.8 Å². The number of nitrogens with one attached hydrogen (secondary N) is 1. The van der Waals surface area contributed by atoms with Crippen molar-refractivity contribution in [3.8, 4) is 5.75 Å². The summed E-state index contributed by atoms with van der Waals surface area (Å²) in [6, 6.07) is 7.95. The summed E-state index contributed by atoms with van der Waals surface area (Å²) in [5.74, 6) is -0.788. The number of nitrogens with zero attached hydrogens (tertiary/aromatic N) is 3. The zero-order valence-electron chi connectivity index (χ0n) is 19.4. The number of hydrogen-bond donors (Lipinski definition) is 2. The first kappa shape index (κ1) is 24.1. The highest BCUT2D eigenvalue weighted by Gasteiger charge is 2.53. The Kier molecular flexibility index (Phi) is 6.13. The van der Waals surface area contributed by atoms with Gasteiger partial charge in [0.25, 0.3) is 11.6 Å². The summed E-state index contributed by atoms with van der Waals surface area (Å²) in [7, 11) is 1.47. The number of benzene rings is 2. The van der Waals surface area contributed by atoms with E-state index in [0.717, 1.165) is 0 Å². The van der Waals surface area contributed by atoms with E-state index >= 15 is 0 Å². The van der Waals surface area contributed by atoms with E-state index in [2.05, 4.69) is 26.2 Å². The van der Waals surface area contributed by atoms with Crippen LogP contribution in [0.1, 0.15) is 27.1 Å². The lowest BCUT2D eigenvalue weighted by atomic mass is 9.73. The molecule has 0 saturated carbocycles. The molecule has 1 amide bonds. The van der Waals surface area contributed by atoms with Gasteiger partial charge in [0.2, 0.25) is 0 Å².